The topological polar surface area (TPSA) is 20.3 Å². The van der Waals surface area contributed by atoms with Crippen LogP contribution in [0.25, 0.3) is 0 Å². The van der Waals surface area contributed by atoms with E-state index in [1.54, 1.807) is 6.07 Å². The minimum Gasteiger partial charge on any atom is -0.371 e. The van der Waals surface area contributed by atoms with Gasteiger partial charge < -0.3 is 4.90 Å². The monoisotopic (exact) mass is 277 g/mol. The SMILES string of the molecule is CC(C)(C)C1CCCN(c2ccc(F)cc2C=O)CC1. The molecule has 1 unspecified atom stereocenters. The molecule has 0 N–H and O–H groups in total. The van der Waals surface area contributed by atoms with Gasteiger partial charge in [-0.05, 0) is 48.8 Å². The molecule has 0 bridgehead atoms. The third-order valence-corrected chi connectivity index (χ3v) is 4.41. The lowest BCUT2D eigenvalue weighted by Crippen LogP contribution is -2.27. The summed E-state index contributed by atoms with van der Waals surface area (Å²) in [6, 6.07) is 4.50. The number of hydrogen-bond acceptors (Lipinski definition) is 2. The molecule has 0 radical (unpaired) electrons. The highest BCUT2D eigenvalue weighted by molar-refractivity contribution is 5.84. The first-order valence-corrected chi connectivity index (χ1v) is 7.41. The zero-order chi connectivity index (χ0) is 14.8. The molecule has 2 nitrogen and oxygen atoms in total. The fourth-order valence-electron chi connectivity index (χ4n) is 3.11. The predicted molar refractivity (Wildman–Crippen MR) is 80.8 cm³/mol. The van der Waals surface area contributed by atoms with Gasteiger partial charge in [-0.15, -0.1) is 0 Å². The molecule has 1 aliphatic rings. The number of carbonyl (C=O) groups is 1. The van der Waals surface area contributed by atoms with Gasteiger partial charge in [-0.2, -0.15) is 0 Å². The number of rotatable bonds is 2. The quantitative estimate of drug-likeness (QED) is 0.752. The lowest BCUT2D eigenvalue weighted by Gasteiger charge is -2.30. The van der Waals surface area contributed by atoms with Crippen LogP contribution in [0.5, 0.6) is 0 Å². The van der Waals surface area contributed by atoms with Crippen molar-refractivity contribution in [2.45, 2.75) is 40.0 Å². The number of halogens is 1. The summed E-state index contributed by atoms with van der Waals surface area (Å²) >= 11 is 0. The molecule has 1 aliphatic heterocycles. The molecule has 1 aromatic rings. The molecule has 1 fully saturated rings. The maximum atomic E-state index is 13.2. The summed E-state index contributed by atoms with van der Waals surface area (Å²) < 4.78 is 13.2. The van der Waals surface area contributed by atoms with Crippen molar-refractivity contribution in [3.05, 3.63) is 29.6 Å². The van der Waals surface area contributed by atoms with Crippen LogP contribution < -0.4 is 4.90 Å². The maximum absolute atomic E-state index is 13.2. The van der Waals surface area contributed by atoms with Gasteiger partial charge in [0.1, 0.15) is 5.82 Å². The molecular weight excluding hydrogens is 253 g/mol. The molecule has 0 aromatic heterocycles. The molecule has 0 saturated carbocycles. The Morgan fingerprint density at radius 1 is 1.25 bits per heavy atom. The summed E-state index contributed by atoms with van der Waals surface area (Å²) in [5.74, 6) is 0.353. The average molecular weight is 277 g/mol. The average Bonchev–Trinajstić information content (AvgIpc) is 2.63. The Balaban J connectivity index is 2.17. The van der Waals surface area contributed by atoms with Crippen molar-refractivity contribution < 1.29 is 9.18 Å². The first kappa shape index (κ1) is 15.0. The molecule has 1 heterocycles. The molecule has 2 rings (SSSR count). The zero-order valence-electron chi connectivity index (χ0n) is 12.7. The van der Waals surface area contributed by atoms with Gasteiger partial charge in [-0.3, -0.25) is 4.79 Å². The van der Waals surface area contributed by atoms with Crippen molar-refractivity contribution >= 4 is 12.0 Å². The second-order valence-corrected chi connectivity index (χ2v) is 6.80. The van der Waals surface area contributed by atoms with Gasteiger partial charge in [0.15, 0.2) is 6.29 Å². The largest absolute Gasteiger partial charge is 0.371 e. The van der Waals surface area contributed by atoms with Gasteiger partial charge in [0.25, 0.3) is 0 Å². The van der Waals surface area contributed by atoms with Gasteiger partial charge >= 0.3 is 0 Å². The van der Waals surface area contributed by atoms with E-state index >= 15 is 0 Å². The van der Waals surface area contributed by atoms with Crippen LogP contribution in [0.2, 0.25) is 0 Å². The molecule has 1 aromatic carbocycles. The summed E-state index contributed by atoms with van der Waals surface area (Å²) in [5, 5.41) is 0. The Morgan fingerprint density at radius 2 is 2.00 bits per heavy atom. The summed E-state index contributed by atoms with van der Waals surface area (Å²) in [5.41, 5.74) is 1.65. The Bertz CT molecular complexity index is 478. The van der Waals surface area contributed by atoms with Gasteiger partial charge in [0.2, 0.25) is 0 Å². The third-order valence-electron chi connectivity index (χ3n) is 4.41. The highest BCUT2D eigenvalue weighted by Crippen LogP contribution is 2.35. The van der Waals surface area contributed by atoms with Crippen molar-refractivity contribution in [3.63, 3.8) is 0 Å². The number of carbonyl (C=O) groups excluding carboxylic acids is 1. The van der Waals surface area contributed by atoms with Crippen LogP contribution in [0.1, 0.15) is 50.4 Å². The van der Waals surface area contributed by atoms with E-state index in [4.69, 9.17) is 0 Å². The fraction of sp³-hybridized carbons (Fsp3) is 0.588. The highest BCUT2D eigenvalue weighted by atomic mass is 19.1. The molecule has 0 aliphatic carbocycles. The summed E-state index contributed by atoms with van der Waals surface area (Å²) in [6.45, 7) is 8.76. The highest BCUT2D eigenvalue weighted by Gasteiger charge is 2.27. The molecule has 110 valence electrons. The standard InChI is InChI=1S/C17H24FNO/c1-17(2,3)14-5-4-9-19(10-8-14)16-7-6-15(18)11-13(16)12-20/h6-7,11-12,14H,4-5,8-10H2,1-3H3. The van der Waals surface area contributed by atoms with Gasteiger partial charge in [-0.1, -0.05) is 20.8 Å². The first-order valence-electron chi connectivity index (χ1n) is 7.41. The van der Waals surface area contributed by atoms with Crippen molar-refractivity contribution in [3.8, 4) is 0 Å². The van der Waals surface area contributed by atoms with Crippen molar-refractivity contribution in [1.29, 1.82) is 0 Å². The van der Waals surface area contributed by atoms with E-state index in [1.165, 1.54) is 18.6 Å². The van der Waals surface area contributed by atoms with E-state index in [1.807, 2.05) is 0 Å². The minimum atomic E-state index is -0.349. The molecule has 0 amide bonds. The van der Waals surface area contributed by atoms with E-state index in [2.05, 4.69) is 25.7 Å². The predicted octanol–water partition coefficient (Wildman–Crippen LogP) is 4.29. The van der Waals surface area contributed by atoms with E-state index < -0.39 is 0 Å². The Labute approximate surface area is 121 Å². The maximum Gasteiger partial charge on any atom is 0.152 e. The van der Waals surface area contributed by atoms with Crippen LogP contribution in [-0.2, 0) is 0 Å². The molecule has 1 saturated heterocycles. The summed E-state index contributed by atoms with van der Waals surface area (Å²) in [7, 11) is 0. The number of anilines is 1. The van der Waals surface area contributed by atoms with Crippen LogP contribution in [0.15, 0.2) is 18.2 Å². The van der Waals surface area contributed by atoms with Gasteiger partial charge in [-0.25, -0.2) is 4.39 Å². The van der Waals surface area contributed by atoms with Crippen LogP contribution in [0.3, 0.4) is 0 Å². The van der Waals surface area contributed by atoms with E-state index in [0.717, 1.165) is 37.9 Å². The van der Waals surface area contributed by atoms with E-state index in [9.17, 15) is 9.18 Å². The number of aldehydes is 1. The molecule has 0 spiro atoms. The lowest BCUT2D eigenvalue weighted by atomic mass is 9.77. The second-order valence-electron chi connectivity index (χ2n) is 6.80. The van der Waals surface area contributed by atoms with Crippen LogP contribution >= 0.6 is 0 Å². The fourth-order valence-corrected chi connectivity index (χ4v) is 3.11. The normalized spacial score (nSPS) is 20.6. The molecule has 20 heavy (non-hydrogen) atoms. The summed E-state index contributed by atoms with van der Waals surface area (Å²) in [6.07, 6.45) is 4.22. The summed E-state index contributed by atoms with van der Waals surface area (Å²) in [4.78, 5) is 13.4. The van der Waals surface area contributed by atoms with E-state index in [0.29, 0.717) is 16.9 Å². The van der Waals surface area contributed by atoms with E-state index in [-0.39, 0.29) is 5.82 Å². The molecule has 1 atom stereocenters. The minimum absolute atomic E-state index is 0.326. The Hall–Kier alpha value is -1.38. The Morgan fingerprint density at radius 3 is 2.65 bits per heavy atom. The lowest BCUT2D eigenvalue weighted by molar-refractivity contribution is 0.112. The zero-order valence-corrected chi connectivity index (χ0v) is 12.7. The van der Waals surface area contributed by atoms with Crippen LogP contribution in [-0.4, -0.2) is 19.4 Å². The van der Waals surface area contributed by atoms with Crippen LogP contribution in [0.4, 0.5) is 10.1 Å². The smallest absolute Gasteiger partial charge is 0.152 e. The molecular formula is C17H24FNO. The van der Waals surface area contributed by atoms with Gasteiger partial charge in [0, 0.05) is 24.3 Å². The van der Waals surface area contributed by atoms with Crippen LogP contribution in [0, 0.1) is 17.2 Å². The number of nitrogens with zero attached hydrogens (tertiary/aromatic N) is 1. The first-order chi connectivity index (χ1) is 9.41. The molecule has 3 heteroatoms. The number of hydrogen-bond donors (Lipinski definition) is 0. The van der Waals surface area contributed by atoms with Crippen molar-refractivity contribution in [2.75, 3.05) is 18.0 Å². The Kier molecular flexibility index (Phi) is 4.46. The second kappa shape index (κ2) is 5.94. The van der Waals surface area contributed by atoms with Crippen molar-refractivity contribution in [2.24, 2.45) is 11.3 Å². The van der Waals surface area contributed by atoms with Gasteiger partial charge in [0.05, 0.1) is 0 Å². The van der Waals surface area contributed by atoms with Crippen molar-refractivity contribution in [1.82, 2.24) is 0 Å². The number of benzene rings is 1. The third kappa shape index (κ3) is 3.38.